The van der Waals surface area contributed by atoms with E-state index >= 15 is 0 Å². The molecule has 23 heavy (non-hydrogen) atoms. The van der Waals surface area contributed by atoms with Crippen LogP contribution in [0.15, 0.2) is 23.1 Å². The molecular weight excluding hydrogens is 322 g/mol. The number of nitrogens with zero attached hydrogens (tertiary/aromatic N) is 1. The molecule has 1 aliphatic rings. The normalized spacial score (nSPS) is 16.4. The molecule has 1 fully saturated rings. The second-order valence-corrected chi connectivity index (χ2v) is 6.87. The Morgan fingerprint density at radius 2 is 2.17 bits per heavy atom. The molecule has 1 aliphatic heterocycles. The van der Waals surface area contributed by atoms with E-state index in [1.54, 1.807) is 4.90 Å². The van der Waals surface area contributed by atoms with Crippen LogP contribution in [0.3, 0.4) is 0 Å². The van der Waals surface area contributed by atoms with Gasteiger partial charge in [-0.05, 0) is 31.0 Å². The Bertz CT molecular complexity index is 732. The minimum absolute atomic E-state index is 0.0420. The first kappa shape index (κ1) is 17.2. The number of primary sulfonamides is 1. The van der Waals surface area contributed by atoms with Crippen LogP contribution in [0, 0.1) is 0 Å². The lowest BCUT2D eigenvalue weighted by molar-refractivity contribution is -0.130. The maximum Gasteiger partial charge on any atom is 0.256 e. The number of amides is 2. The molecule has 0 radical (unpaired) electrons. The number of phenols is 1. The topological polar surface area (TPSA) is 130 Å². The summed E-state index contributed by atoms with van der Waals surface area (Å²) in [6.07, 6.45) is 1.17. The van der Waals surface area contributed by atoms with Gasteiger partial charge in [0.05, 0.1) is 10.5 Å². The van der Waals surface area contributed by atoms with Crippen LogP contribution in [0.5, 0.6) is 5.75 Å². The van der Waals surface area contributed by atoms with Crippen molar-refractivity contribution in [3.05, 3.63) is 23.8 Å². The van der Waals surface area contributed by atoms with Crippen molar-refractivity contribution in [1.29, 1.82) is 0 Å². The number of hydrogen-bond donors (Lipinski definition) is 3. The first-order chi connectivity index (χ1) is 10.7. The van der Waals surface area contributed by atoms with Crippen LogP contribution in [-0.2, 0) is 14.8 Å². The van der Waals surface area contributed by atoms with Gasteiger partial charge >= 0.3 is 0 Å². The summed E-state index contributed by atoms with van der Waals surface area (Å²) in [7, 11) is -3.99. The number of aromatic hydroxyl groups is 1. The number of nitrogens with two attached hydrogens (primary N) is 1. The van der Waals surface area contributed by atoms with Gasteiger partial charge in [-0.2, -0.15) is 0 Å². The van der Waals surface area contributed by atoms with Crippen molar-refractivity contribution in [2.24, 2.45) is 5.14 Å². The second-order valence-electron chi connectivity index (χ2n) is 5.31. The SMILES string of the molecule is CCC(NC(=O)c1cc(S(N)(=O)=O)ccc1O)N1CCCC1=O. The second kappa shape index (κ2) is 6.55. The van der Waals surface area contributed by atoms with Gasteiger partial charge in [0.25, 0.3) is 5.91 Å². The van der Waals surface area contributed by atoms with Crippen molar-refractivity contribution in [2.75, 3.05) is 6.54 Å². The molecule has 0 aliphatic carbocycles. The molecule has 2 amide bonds. The van der Waals surface area contributed by atoms with Gasteiger partial charge in [0.15, 0.2) is 0 Å². The van der Waals surface area contributed by atoms with E-state index in [-0.39, 0.29) is 22.1 Å². The highest BCUT2D eigenvalue weighted by atomic mass is 32.2. The molecule has 0 saturated carbocycles. The fourth-order valence-electron chi connectivity index (χ4n) is 2.50. The van der Waals surface area contributed by atoms with E-state index in [4.69, 9.17) is 5.14 Å². The molecule has 0 bridgehead atoms. The zero-order valence-corrected chi connectivity index (χ0v) is 13.5. The van der Waals surface area contributed by atoms with Crippen LogP contribution in [0.2, 0.25) is 0 Å². The summed E-state index contributed by atoms with van der Waals surface area (Å²) in [6.45, 7) is 2.37. The number of phenolic OH excluding ortho intramolecular Hbond substituents is 1. The molecule has 126 valence electrons. The number of sulfonamides is 1. The van der Waals surface area contributed by atoms with Gasteiger partial charge in [0.2, 0.25) is 15.9 Å². The molecule has 4 N–H and O–H groups in total. The predicted molar refractivity (Wildman–Crippen MR) is 82.0 cm³/mol. The van der Waals surface area contributed by atoms with Crippen LogP contribution in [0.25, 0.3) is 0 Å². The Kier molecular flexibility index (Phi) is 4.90. The lowest BCUT2D eigenvalue weighted by atomic mass is 10.1. The number of likely N-dealkylation sites (tertiary alicyclic amines) is 1. The number of carbonyl (C=O) groups is 2. The molecule has 2 rings (SSSR count). The van der Waals surface area contributed by atoms with E-state index in [9.17, 15) is 23.1 Å². The number of nitrogens with one attached hydrogen (secondary N) is 1. The molecule has 1 heterocycles. The Balaban J connectivity index is 2.24. The first-order valence-electron chi connectivity index (χ1n) is 7.20. The maximum atomic E-state index is 12.3. The zero-order chi connectivity index (χ0) is 17.2. The number of benzene rings is 1. The number of carbonyl (C=O) groups excluding carboxylic acids is 2. The van der Waals surface area contributed by atoms with E-state index in [0.29, 0.717) is 19.4 Å². The largest absolute Gasteiger partial charge is 0.507 e. The molecule has 8 nitrogen and oxygen atoms in total. The quantitative estimate of drug-likeness (QED) is 0.701. The summed E-state index contributed by atoms with van der Waals surface area (Å²) < 4.78 is 22.7. The van der Waals surface area contributed by atoms with Gasteiger partial charge in [0.1, 0.15) is 11.9 Å². The maximum absolute atomic E-state index is 12.3. The van der Waals surface area contributed by atoms with Crippen LogP contribution in [0.4, 0.5) is 0 Å². The van der Waals surface area contributed by atoms with Gasteiger partial charge in [-0.1, -0.05) is 6.92 Å². The summed E-state index contributed by atoms with van der Waals surface area (Å²) in [5, 5.41) is 17.5. The molecule has 1 saturated heterocycles. The lowest BCUT2D eigenvalue weighted by Crippen LogP contribution is -2.48. The molecule has 1 aromatic rings. The number of hydrogen-bond acceptors (Lipinski definition) is 5. The van der Waals surface area contributed by atoms with Crippen molar-refractivity contribution in [3.8, 4) is 5.75 Å². The van der Waals surface area contributed by atoms with Crippen molar-refractivity contribution in [3.63, 3.8) is 0 Å². The van der Waals surface area contributed by atoms with Crippen molar-refractivity contribution >= 4 is 21.8 Å². The smallest absolute Gasteiger partial charge is 0.256 e. The molecule has 9 heteroatoms. The molecule has 1 aromatic carbocycles. The van der Waals surface area contributed by atoms with Crippen molar-refractivity contribution < 1.29 is 23.1 Å². The number of rotatable bonds is 5. The average Bonchev–Trinajstić information content (AvgIpc) is 2.89. The van der Waals surface area contributed by atoms with Gasteiger partial charge in [-0.25, -0.2) is 13.6 Å². The summed E-state index contributed by atoms with van der Waals surface area (Å²) in [5.74, 6) is -1.07. The minimum atomic E-state index is -3.99. The van der Waals surface area contributed by atoms with Gasteiger partial charge in [-0.15, -0.1) is 0 Å². The first-order valence-corrected chi connectivity index (χ1v) is 8.74. The van der Waals surface area contributed by atoms with E-state index in [0.717, 1.165) is 24.6 Å². The minimum Gasteiger partial charge on any atom is -0.507 e. The molecule has 0 spiro atoms. The fourth-order valence-corrected chi connectivity index (χ4v) is 3.04. The lowest BCUT2D eigenvalue weighted by Gasteiger charge is -2.27. The third kappa shape index (κ3) is 3.80. The van der Waals surface area contributed by atoms with Crippen LogP contribution < -0.4 is 10.5 Å². The summed E-state index contributed by atoms with van der Waals surface area (Å²) in [6, 6.07) is 3.22. The Hall–Kier alpha value is -2.13. The van der Waals surface area contributed by atoms with Gasteiger partial charge in [-0.3, -0.25) is 9.59 Å². The highest BCUT2D eigenvalue weighted by Gasteiger charge is 2.28. The Labute approximate surface area is 134 Å². The standard InChI is InChI=1S/C14H19N3O5S/c1-2-12(17-7-3-4-13(17)19)16-14(20)10-8-9(23(15,21)22)5-6-11(10)18/h5-6,8,12,18H,2-4,7H2,1H3,(H,16,20)(H2,15,21,22). The van der Waals surface area contributed by atoms with Crippen LogP contribution >= 0.6 is 0 Å². The van der Waals surface area contributed by atoms with Crippen LogP contribution in [0.1, 0.15) is 36.5 Å². The molecule has 1 unspecified atom stereocenters. The molecule has 0 aromatic heterocycles. The zero-order valence-electron chi connectivity index (χ0n) is 12.7. The average molecular weight is 341 g/mol. The van der Waals surface area contributed by atoms with Gasteiger partial charge < -0.3 is 15.3 Å². The molecular formula is C14H19N3O5S. The van der Waals surface area contributed by atoms with Crippen LogP contribution in [-0.4, -0.2) is 42.9 Å². The third-order valence-corrected chi connectivity index (χ3v) is 4.62. The van der Waals surface area contributed by atoms with E-state index < -0.39 is 22.1 Å². The Morgan fingerprint density at radius 3 is 2.70 bits per heavy atom. The Morgan fingerprint density at radius 1 is 1.48 bits per heavy atom. The monoisotopic (exact) mass is 341 g/mol. The van der Waals surface area contributed by atoms with Crippen molar-refractivity contribution in [1.82, 2.24) is 10.2 Å². The summed E-state index contributed by atoms with van der Waals surface area (Å²) in [5.41, 5.74) is -0.207. The highest BCUT2D eigenvalue weighted by Crippen LogP contribution is 2.21. The summed E-state index contributed by atoms with van der Waals surface area (Å²) >= 11 is 0. The van der Waals surface area contributed by atoms with E-state index in [1.807, 2.05) is 6.92 Å². The summed E-state index contributed by atoms with van der Waals surface area (Å²) in [4.78, 5) is 25.4. The molecule has 1 atom stereocenters. The third-order valence-electron chi connectivity index (χ3n) is 3.71. The predicted octanol–water partition coefficient (Wildman–Crippen LogP) is 0.128. The fraction of sp³-hybridized carbons (Fsp3) is 0.429. The van der Waals surface area contributed by atoms with E-state index in [1.165, 1.54) is 0 Å². The van der Waals surface area contributed by atoms with E-state index in [2.05, 4.69) is 5.32 Å². The highest BCUT2D eigenvalue weighted by molar-refractivity contribution is 7.89. The van der Waals surface area contributed by atoms with Crippen molar-refractivity contribution in [2.45, 2.75) is 37.2 Å². The van der Waals surface area contributed by atoms with Gasteiger partial charge in [0, 0.05) is 13.0 Å².